The Kier molecular flexibility index (Phi) is 5.64. The highest BCUT2D eigenvalue weighted by Crippen LogP contribution is 2.27. The van der Waals surface area contributed by atoms with Gasteiger partial charge >= 0.3 is 5.97 Å². The number of halogens is 3. The number of esters is 1. The molecule has 1 rings (SSSR count). The number of nitrogens with zero attached hydrogens (tertiary/aromatic N) is 2. The Hall–Kier alpha value is -1.74. The van der Waals surface area contributed by atoms with Gasteiger partial charge in [0.1, 0.15) is 6.07 Å². The summed E-state index contributed by atoms with van der Waals surface area (Å²) in [6, 6.07) is 1.77. The van der Waals surface area contributed by atoms with Crippen molar-refractivity contribution < 1.29 is 18.3 Å². The summed E-state index contributed by atoms with van der Waals surface area (Å²) >= 11 is 5.60. The first-order valence-electron chi connectivity index (χ1n) is 5.45. The van der Waals surface area contributed by atoms with Gasteiger partial charge in [0.25, 0.3) is 6.43 Å². The van der Waals surface area contributed by atoms with Gasteiger partial charge in [-0.15, -0.1) is 11.6 Å². The molecule has 0 unspecified atom stereocenters. The lowest BCUT2D eigenvalue weighted by atomic mass is 10.0. The van der Waals surface area contributed by atoms with Gasteiger partial charge in [0.05, 0.1) is 24.3 Å². The summed E-state index contributed by atoms with van der Waals surface area (Å²) < 4.78 is 30.2. The van der Waals surface area contributed by atoms with Gasteiger partial charge in [-0.2, -0.15) is 5.26 Å². The lowest BCUT2D eigenvalue weighted by Gasteiger charge is -2.11. The molecule has 1 aromatic heterocycles. The van der Waals surface area contributed by atoms with Gasteiger partial charge in [-0.05, 0) is 12.5 Å². The minimum Gasteiger partial charge on any atom is -0.466 e. The van der Waals surface area contributed by atoms with Crippen molar-refractivity contribution in [1.29, 1.82) is 5.26 Å². The number of rotatable bonds is 5. The molecule has 1 heterocycles. The Labute approximate surface area is 114 Å². The van der Waals surface area contributed by atoms with Gasteiger partial charge in [0, 0.05) is 17.6 Å². The van der Waals surface area contributed by atoms with Crippen LogP contribution in [-0.4, -0.2) is 17.6 Å². The molecule has 0 bridgehead atoms. The smallest absolute Gasteiger partial charge is 0.311 e. The third-order valence-corrected chi connectivity index (χ3v) is 2.66. The van der Waals surface area contributed by atoms with Crippen LogP contribution in [0.25, 0.3) is 0 Å². The Morgan fingerprint density at radius 2 is 2.32 bits per heavy atom. The molecule has 0 aliphatic rings. The molecular formula is C12H11ClF2N2O2. The van der Waals surface area contributed by atoms with Crippen LogP contribution < -0.4 is 0 Å². The van der Waals surface area contributed by atoms with Crippen LogP contribution in [0.3, 0.4) is 0 Å². The third-order valence-electron chi connectivity index (χ3n) is 2.40. The first kappa shape index (κ1) is 15.3. The number of nitriles is 1. The minimum atomic E-state index is -2.77. The largest absolute Gasteiger partial charge is 0.466 e. The van der Waals surface area contributed by atoms with Crippen molar-refractivity contribution in [2.75, 3.05) is 6.61 Å². The third kappa shape index (κ3) is 3.61. The summed E-state index contributed by atoms with van der Waals surface area (Å²) in [5, 5.41) is 9.03. The zero-order chi connectivity index (χ0) is 14.4. The molecule has 7 heteroatoms. The number of hydrogen-bond acceptors (Lipinski definition) is 4. The molecule has 0 saturated heterocycles. The fourth-order valence-corrected chi connectivity index (χ4v) is 1.84. The van der Waals surface area contributed by atoms with Crippen molar-refractivity contribution in [3.05, 3.63) is 28.6 Å². The molecule has 0 saturated carbocycles. The lowest BCUT2D eigenvalue weighted by molar-refractivity contribution is -0.142. The standard InChI is InChI=1S/C12H11ClF2N2O2/c1-2-19-11(18)3-10-8(5-16)7(4-13)9(6-17-10)12(14)15/h6,12H,2-4H2,1H3. The molecule has 0 N–H and O–H groups in total. The molecular weight excluding hydrogens is 278 g/mol. The summed E-state index contributed by atoms with van der Waals surface area (Å²) in [7, 11) is 0. The van der Waals surface area contributed by atoms with Crippen LogP contribution in [0, 0.1) is 11.3 Å². The fraction of sp³-hybridized carbons (Fsp3) is 0.417. The highest BCUT2D eigenvalue weighted by Gasteiger charge is 2.21. The van der Waals surface area contributed by atoms with Gasteiger partial charge in [0.2, 0.25) is 0 Å². The van der Waals surface area contributed by atoms with Gasteiger partial charge < -0.3 is 4.74 Å². The molecule has 0 aliphatic carbocycles. The zero-order valence-electron chi connectivity index (χ0n) is 10.1. The minimum absolute atomic E-state index is 0.00784. The van der Waals surface area contributed by atoms with E-state index in [2.05, 4.69) is 4.98 Å². The van der Waals surface area contributed by atoms with Gasteiger partial charge in [-0.25, -0.2) is 8.78 Å². The van der Waals surface area contributed by atoms with E-state index in [1.54, 1.807) is 13.0 Å². The fourth-order valence-electron chi connectivity index (χ4n) is 1.56. The molecule has 102 valence electrons. The van der Waals surface area contributed by atoms with Crippen LogP contribution >= 0.6 is 11.6 Å². The Morgan fingerprint density at radius 1 is 1.63 bits per heavy atom. The maximum atomic E-state index is 12.7. The maximum absolute atomic E-state index is 12.7. The van der Waals surface area contributed by atoms with E-state index in [1.807, 2.05) is 0 Å². The predicted molar refractivity (Wildman–Crippen MR) is 63.8 cm³/mol. The first-order chi connectivity index (χ1) is 9.04. The number of ether oxygens (including phenoxy) is 1. The normalized spacial score (nSPS) is 10.3. The van der Waals surface area contributed by atoms with E-state index in [0.717, 1.165) is 6.20 Å². The molecule has 4 nitrogen and oxygen atoms in total. The first-order valence-corrected chi connectivity index (χ1v) is 5.99. The van der Waals surface area contributed by atoms with E-state index >= 15 is 0 Å². The molecule has 0 amide bonds. The second-order valence-corrected chi connectivity index (χ2v) is 3.81. The average Bonchev–Trinajstić information content (AvgIpc) is 2.37. The molecule has 19 heavy (non-hydrogen) atoms. The highest BCUT2D eigenvalue weighted by atomic mass is 35.5. The number of carbonyl (C=O) groups excluding carboxylic acids is 1. The maximum Gasteiger partial charge on any atom is 0.311 e. The lowest BCUT2D eigenvalue weighted by Crippen LogP contribution is -2.12. The number of hydrogen-bond donors (Lipinski definition) is 0. The van der Waals surface area contributed by atoms with Crippen LogP contribution in [0.4, 0.5) is 8.78 Å². The monoisotopic (exact) mass is 288 g/mol. The van der Waals surface area contributed by atoms with Crippen molar-refractivity contribution in [3.63, 3.8) is 0 Å². The van der Waals surface area contributed by atoms with Crippen LogP contribution in [0.15, 0.2) is 6.20 Å². The number of pyridine rings is 1. The topological polar surface area (TPSA) is 63.0 Å². The van der Waals surface area contributed by atoms with Crippen molar-refractivity contribution in [2.24, 2.45) is 0 Å². The van der Waals surface area contributed by atoms with E-state index in [1.165, 1.54) is 0 Å². The van der Waals surface area contributed by atoms with Crippen molar-refractivity contribution in [2.45, 2.75) is 25.7 Å². The Morgan fingerprint density at radius 3 is 2.79 bits per heavy atom. The quantitative estimate of drug-likeness (QED) is 0.617. The van der Waals surface area contributed by atoms with Gasteiger partial charge in [-0.1, -0.05) is 0 Å². The van der Waals surface area contributed by atoms with Gasteiger partial charge in [0.15, 0.2) is 0 Å². The van der Waals surface area contributed by atoms with Crippen molar-refractivity contribution in [3.8, 4) is 6.07 Å². The Bertz CT molecular complexity index is 515. The molecule has 0 aliphatic heterocycles. The van der Waals surface area contributed by atoms with E-state index in [4.69, 9.17) is 21.6 Å². The summed E-state index contributed by atoms with van der Waals surface area (Å²) in [6.45, 7) is 1.83. The average molecular weight is 289 g/mol. The van der Waals surface area contributed by atoms with E-state index < -0.39 is 12.4 Å². The number of aromatic nitrogens is 1. The summed E-state index contributed by atoms with van der Waals surface area (Å²) in [5.41, 5.74) is -0.366. The van der Waals surface area contributed by atoms with Crippen LogP contribution in [0.1, 0.15) is 35.7 Å². The number of carbonyl (C=O) groups is 1. The molecule has 1 aromatic rings. The second-order valence-electron chi connectivity index (χ2n) is 3.54. The summed E-state index contributed by atoms with van der Waals surface area (Å²) in [4.78, 5) is 15.1. The second kappa shape index (κ2) is 7.00. The van der Waals surface area contributed by atoms with E-state index in [9.17, 15) is 13.6 Å². The molecule has 0 spiro atoms. The summed E-state index contributed by atoms with van der Waals surface area (Å²) in [5.74, 6) is -0.821. The van der Waals surface area contributed by atoms with Crippen LogP contribution in [0.2, 0.25) is 0 Å². The van der Waals surface area contributed by atoms with Crippen LogP contribution in [-0.2, 0) is 21.8 Å². The molecule has 0 aromatic carbocycles. The predicted octanol–water partition coefficient (Wildman–Crippen LogP) is 2.74. The SMILES string of the molecule is CCOC(=O)Cc1ncc(C(F)F)c(CCl)c1C#N. The van der Waals surface area contributed by atoms with E-state index in [0.29, 0.717) is 0 Å². The zero-order valence-corrected chi connectivity index (χ0v) is 10.9. The Balaban J connectivity index is 3.21. The molecule has 0 radical (unpaired) electrons. The number of alkyl halides is 3. The molecule has 0 fully saturated rings. The van der Waals surface area contributed by atoms with Crippen LogP contribution in [0.5, 0.6) is 0 Å². The highest BCUT2D eigenvalue weighted by molar-refractivity contribution is 6.17. The van der Waals surface area contributed by atoms with Gasteiger partial charge in [-0.3, -0.25) is 9.78 Å². The van der Waals surface area contributed by atoms with Crippen molar-refractivity contribution >= 4 is 17.6 Å². The van der Waals surface area contributed by atoms with Crippen molar-refractivity contribution in [1.82, 2.24) is 4.98 Å². The van der Waals surface area contributed by atoms with E-state index in [-0.39, 0.29) is 41.3 Å². The summed E-state index contributed by atoms with van der Waals surface area (Å²) in [6.07, 6.45) is -2.08. The molecule has 0 atom stereocenters.